The van der Waals surface area contributed by atoms with E-state index in [9.17, 15) is 13.2 Å². The standard InChI is InChI=1S/C25H26N2O5S/c1-31-23-13-12-21(15-24(23)32-2)33(29,30)27-17-20-11-7-6-10-19(20)14-22(27)25(28)26-16-18-8-4-3-5-9-18/h3-13,15,22H,14,16-17H2,1-2H3,(H,26,28). The highest BCUT2D eigenvalue weighted by Gasteiger charge is 2.39. The SMILES string of the molecule is COc1ccc(S(=O)(=O)N2Cc3ccccc3CC2C(=O)NCc2ccccc2)cc1OC. The molecule has 0 saturated heterocycles. The van der Waals surface area contributed by atoms with Gasteiger partial charge in [-0.15, -0.1) is 0 Å². The molecule has 0 bridgehead atoms. The largest absolute Gasteiger partial charge is 0.493 e. The van der Waals surface area contributed by atoms with E-state index in [4.69, 9.17) is 9.47 Å². The second-order valence-corrected chi connectivity index (χ2v) is 9.65. The molecule has 0 aromatic heterocycles. The van der Waals surface area contributed by atoms with Crippen molar-refractivity contribution in [1.29, 1.82) is 0 Å². The summed E-state index contributed by atoms with van der Waals surface area (Å²) in [4.78, 5) is 13.3. The van der Waals surface area contributed by atoms with Crippen molar-refractivity contribution in [2.75, 3.05) is 14.2 Å². The maximum atomic E-state index is 13.7. The van der Waals surface area contributed by atoms with Crippen molar-refractivity contribution in [2.45, 2.75) is 30.4 Å². The van der Waals surface area contributed by atoms with E-state index in [0.717, 1.165) is 16.7 Å². The number of hydrogen-bond acceptors (Lipinski definition) is 5. The summed E-state index contributed by atoms with van der Waals surface area (Å²) in [6, 6.07) is 20.7. The molecule has 1 amide bonds. The van der Waals surface area contributed by atoms with Crippen molar-refractivity contribution < 1.29 is 22.7 Å². The van der Waals surface area contributed by atoms with Gasteiger partial charge in [0.1, 0.15) is 6.04 Å². The van der Waals surface area contributed by atoms with Crippen LogP contribution in [0.15, 0.2) is 77.7 Å². The van der Waals surface area contributed by atoms with Gasteiger partial charge in [-0.05, 0) is 35.2 Å². The number of carbonyl (C=O) groups excluding carboxylic acids is 1. The minimum Gasteiger partial charge on any atom is -0.493 e. The van der Waals surface area contributed by atoms with Gasteiger partial charge in [-0.3, -0.25) is 4.79 Å². The maximum absolute atomic E-state index is 13.7. The van der Waals surface area contributed by atoms with Crippen LogP contribution in [0, 0.1) is 0 Å². The van der Waals surface area contributed by atoms with E-state index < -0.39 is 16.1 Å². The van der Waals surface area contributed by atoms with E-state index in [1.54, 1.807) is 6.07 Å². The van der Waals surface area contributed by atoms with Gasteiger partial charge in [0.05, 0.1) is 19.1 Å². The minimum absolute atomic E-state index is 0.0420. The summed E-state index contributed by atoms with van der Waals surface area (Å²) >= 11 is 0. The topological polar surface area (TPSA) is 84.9 Å². The van der Waals surface area contributed by atoms with Gasteiger partial charge < -0.3 is 14.8 Å². The van der Waals surface area contributed by atoms with Gasteiger partial charge >= 0.3 is 0 Å². The minimum atomic E-state index is -4.00. The predicted molar refractivity (Wildman–Crippen MR) is 124 cm³/mol. The van der Waals surface area contributed by atoms with E-state index in [1.807, 2.05) is 54.6 Å². The molecule has 1 unspecified atom stereocenters. The number of methoxy groups -OCH3 is 2. The molecular weight excluding hydrogens is 440 g/mol. The molecule has 33 heavy (non-hydrogen) atoms. The number of amides is 1. The molecule has 0 spiro atoms. The lowest BCUT2D eigenvalue weighted by Gasteiger charge is -2.35. The molecule has 172 valence electrons. The molecular formula is C25H26N2O5S. The third kappa shape index (κ3) is 4.72. The Morgan fingerprint density at radius 3 is 2.30 bits per heavy atom. The number of rotatable bonds is 7. The molecule has 0 saturated carbocycles. The smallest absolute Gasteiger partial charge is 0.244 e. The highest BCUT2D eigenvalue weighted by molar-refractivity contribution is 7.89. The fourth-order valence-corrected chi connectivity index (χ4v) is 5.57. The first kappa shape index (κ1) is 22.8. The van der Waals surface area contributed by atoms with Gasteiger partial charge in [-0.2, -0.15) is 4.31 Å². The maximum Gasteiger partial charge on any atom is 0.244 e. The number of sulfonamides is 1. The Morgan fingerprint density at radius 1 is 0.939 bits per heavy atom. The molecule has 0 aliphatic carbocycles. The lowest BCUT2D eigenvalue weighted by molar-refractivity contribution is -0.125. The third-order valence-electron chi connectivity index (χ3n) is 5.78. The summed E-state index contributed by atoms with van der Waals surface area (Å²) in [6.45, 7) is 0.429. The molecule has 3 aromatic carbocycles. The van der Waals surface area contributed by atoms with Crippen LogP contribution in [0.2, 0.25) is 0 Å². The fourth-order valence-electron chi connectivity index (χ4n) is 3.99. The number of benzene rings is 3. The number of hydrogen-bond donors (Lipinski definition) is 1. The number of nitrogens with one attached hydrogen (secondary N) is 1. The van der Waals surface area contributed by atoms with Crippen molar-refractivity contribution in [1.82, 2.24) is 9.62 Å². The van der Waals surface area contributed by atoms with Gasteiger partial charge in [0, 0.05) is 19.2 Å². The van der Waals surface area contributed by atoms with Crippen LogP contribution < -0.4 is 14.8 Å². The quantitative estimate of drug-likeness (QED) is 0.578. The zero-order chi connectivity index (χ0) is 23.4. The van der Waals surface area contributed by atoms with Crippen LogP contribution >= 0.6 is 0 Å². The fraction of sp³-hybridized carbons (Fsp3) is 0.240. The second kappa shape index (κ2) is 9.64. The molecule has 3 aromatic rings. The van der Waals surface area contributed by atoms with Crippen molar-refractivity contribution in [2.24, 2.45) is 0 Å². The number of ether oxygens (including phenoxy) is 2. The number of fused-ring (bicyclic) bond motifs is 1. The molecule has 1 heterocycles. The summed E-state index contributed by atoms with van der Waals surface area (Å²) in [5.41, 5.74) is 2.79. The zero-order valence-electron chi connectivity index (χ0n) is 18.5. The molecule has 8 heteroatoms. The first-order valence-electron chi connectivity index (χ1n) is 10.6. The van der Waals surface area contributed by atoms with E-state index >= 15 is 0 Å². The first-order valence-corrected chi connectivity index (χ1v) is 12.0. The summed E-state index contributed by atoms with van der Waals surface area (Å²) in [5, 5.41) is 2.90. The number of nitrogens with zero attached hydrogens (tertiary/aromatic N) is 1. The van der Waals surface area contributed by atoms with Gasteiger partial charge in [0.25, 0.3) is 0 Å². The van der Waals surface area contributed by atoms with Gasteiger partial charge in [-0.1, -0.05) is 54.6 Å². The lowest BCUT2D eigenvalue weighted by Crippen LogP contribution is -2.52. The van der Waals surface area contributed by atoms with Gasteiger partial charge in [0.15, 0.2) is 11.5 Å². The Hall–Kier alpha value is -3.36. The van der Waals surface area contributed by atoms with Crippen LogP contribution in [0.3, 0.4) is 0 Å². The Bertz CT molecular complexity index is 1240. The van der Waals surface area contributed by atoms with Gasteiger partial charge in [0.2, 0.25) is 15.9 Å². The van der Waals surface area contributed by atoms with Crippen molar-refractivity contribution in [3.8, 4) is 11.5 Å². The third-order valence-corrected chi connectivity index (χ3v) is 7.63. The van der Waals surface area contributed by atoms with E-state index in [0.29, 0.717) is 24.5 Å². The van der Waals surface area contributed by atoms with Crippen LogP contribution in [0.25, 0.3) is 0 Å². The molecule has 7 nitrogen and oxygen atoms in total. The molecule has 4 rings (SSSR count). The van der Waals surface area contributed by atoms with Crippen LogP contribution in [-0.2, 0) is 34.3 Å². The number of carbonyl (C=O) groups is 1. The summed E-state index contributed by atoms with van der Waals surface area (Å²) in [7, 11) is -1.07. The highest BCUT2D eigenvalue weighted by atomic mass is 32.2. The molecule has 0 fully saturated rings. The average Bonchev–Trinajstić information content (AvgIpc) is 2.86. The first-order chi connectivity index (χ1) is 15.9. The lowest BCUT2D eigenvalue weighted by atomic mass is 9.95. The predicted octanol–water partition coefficient (Wildman–Crippen LogP) is 3.14. The monoisotopic (exact) mass is 466 g/mol. The van der Waals surface area contributed by atoms with E-state index in [-0.39, 0.29) is 17.3 Å². The van der Waals surface area contributed by atoms with E-state index in [1.165, 1.54) is 30.7 Å². The van der Waals surface area contributed by atoms with Gasteiger partial charge in [-0.25, -0.2) is 8.42 Å². The average molecular weight is 467 g/mol. The van der Waals surface area contributed by atoms with Crippen LogP contribution in [0.4, 0.5) is 0 Å². The normalized spacial score (nSPS) is 16.0. The Kier molecular flexibility index (Phi) is 6.67. The van der Waals surface area contributed by atoms with Crippen molar-refractivity contribution in [3.63, 3.8) is 0 Å². The molecule has 0 radical (unpaired) electrons. The zero-order valence-corrected chi connectivity index (χ0v) is 19.3. The van der Waals surface area contributed by atoms with Crippen molar-refractivity contribution >= 4 is 15.9 Å². The van der Waals surface area contributed by atoms with Crippen LogP contribution in [0.5, 0.6) is 11.5 Å². The summed E-state index contributed by atoms with van der Waals surface area (Å²) in [5.74, 6) is 0.399. The molecule has 1 N–H and O–H groups in total. The van der Waals surface area contributed by atoms with Crippen LogP contribution in [-0.4, -0.2) is 38.9 Å². The summed E-state index contributed by atoms with van der Waals surface area (Å²) in [6.07, 6.45) is 0.295. The second-order valence-electron chi connectivity index (χ2n) is 7.76. The van der Waals surface area contributed by atoms with Crippen molar-refractivity contribution in [3.05, 3.63) is 89.5 Å². The van der Waals surface area contributed by atoms with Crippen LogP contribution in [0.1, 0.15) is 16.7 Å². The molecule has 1 aliphatic rings. The Labute approximate surface area is 194 Å². The summed E-state index contributed by atoms with van der Waals surface area (Å²) < 4.78 is 39.2. The Balaban J connectivity index is 1.67. The highest BCUT2D eigenvalue weighted by Crippen LogP contribution is 2.34. The Morgan fingerprint density at radius 2 is 1.61 bits per heavy atom. The van der Waals surface area contributed by atoms with E-state index in [2.05, 4.69) is 5.32 Å². The molecule has 1 aliphatic heterocycles. The molecule has 1 atom stereocenters.